The lowest BCUT2D eigenvalue weighted by Crippen LogP contribution is -2.36. The molecular formula is C19H20Cl2FN3OS2. The number of fused-ring (bicyclic) bond motifs is 1. The van der Waals surface area contributed by atoms with E-state index in [1.54, 1.807) is 16.7 Å². The number of aromatic nitrogens is 1. The molecule has 1 amide bonds. The zero-order valence-corrected chi connectivity index (χ0v) is 18.8. The molecule has 1 heterocycles. The monoisotopic (exact) mass is 459 g/mol. The third kappa shape index (κ3) is 5.15. The van der Waals surface area contributed by atoms with Gasteiger partial charge in [-0.25, -0.2) is 9.37 Å². The van der Waals surface area contributed by atoms with Crippen LogP contribution in [0, 0.1) is 5.82 Å². The molecule has 150 valence electrons. The number of rotatable bonds is 6. The third-order valence-corrected chi connectivity index (χ3v) is 6.07. The first-order chi connectivity index (χ1) is 12.9. The van der Waals surface area contributed by atoms with E-state index in [4.69, 9.17) is 11.6 Å². The topological polar surface area (TPSA) is 36.4 Å². The number of benzene rings is 2. The Kier molecular flexibility index (Phi) is 8.09. The van der Waals surface area contributed by atoms with Crippen molar-refractivity contribution < 1.29 is 9.18 Å². The van der Waals surface area contributed by atoms with Crippen LogP contribution in [0.3, 0.4) is 0 Å². The second-order valence-corrected chi connectivity index (χ2v) is 8.51. The number of carbonyl (C=O) groups is 1. The number of carbonyl (C=O) groups excluding carboxylic acids is 1. The van der Waals surface area contributed by atoms with Gasteiger partial charge in [-0.15, -0.1) is 24.2 Å². The Labute approximate surface area is 183 Å². The van der Waals surface area contributed by atoms with Crippen LogP contribution < -0.4 is 4.90 Å². The highest BCUT2D eigenvalue weighted by Gasteiger charge is 2.23. The number of amides is 1. The lowest BCUT2D eigenvalue weighted by Gasteiger charge is -2.22. The summed E-state index contributed by atoms with van der Waals surface area (Å²) in [7, 11) is 3.88. The van der Waals surface area contributed by atoms with Gasteiger partial charge in [0.05, 0.1) is 20.8 Å². The fourth-order valence-electron chi connectivity index (χ4n) is 2.53. The number of hydrogen-bond donors (Lipinski definition) is 0. The standard InChI is InChI=1S/C19H19ClFN3OS2.ClH/c1-23(2)8-9-24(18(25)14-6-4-12(21)10-15(14)20)19-22-16-7-5-13(26-3)11-17(16)27-19;/h4-7,10-11H,8-9H2,1-3H3;1H. The van der Waals surface area contributed by atoms with Gasteiger partial charge in [0.1, 0.15) is 5.82 Å². The third-order valence-electron chi connectivity index (χ3n) is 3.99. The van der Waals surface area contributed by atoms with Gasteiger partial charge < -0.3 is 4.90 Å². The number of likely N-dealkylation sites (N-methyl/N-ethyl adjacent to an activating group) is 1. The summed E-state index contributed by atoms with van der Waals surface area (Å²) in [5.74, 6) is -0.757. The molecule has 3 aromatic rings. The summed E-state index contributed by atoms with van der Waals surface area (Å²) >= 11 is 9.24. The minimum absolute atomic E-state index is 0. The molecule has 0 fully saturated rings. The normalized spacial score (nSPS) is 10.9. The fraction of sp³-hybridized carbons (Fsp3) is 0.263. The highest BCUT2D eigenvalue weighted by Crippen LogP contribution is 2.33. The Morgan fingerprint density at radius 1 is 1.21 bits per heavy atom. The van der Waals surface area contributed by atoms with Gasteiger partial charge in [0.25, 0.3) is 5.91 Å². The maximum atomic E-state index is 13.4. The highest BCUT2D eigenvalue weighted by molar-refractivity contribution is 7.98. The van der Waals surface area contributed by atoms with Crippen LogP contribution in [0.4, 0.5) is 9.52 Å². The summed E-state index contributed by atoms with van der Waals surface area (Å²) in [5, 5.41) is 0.705. The van der Waals surface area contributed by atoms with Gasteiger partial charge in [0.15, 0.2) is 5.13 Å². The van der Waals surface area contributed by atoms with Crippen molar-refractivity contribution in [2.45, 2.75) is 4.90 Å². The maximum absolute atomic E-state index is 13.4. The Bertz CT molecular complexity index is 981. The summed E-state index contributed by atoms with van der Waals surface area (Å²) in [6, 6.07) is 9.86. The van der Waals surface area contributed by atoms with Crippen molar-refractivity contribution in [3.05, 3.63) is 52.8 Å². The van der Waals surface area contributed by atoms with Crippen molar-refractivity contribution in [2.75, 3.05) is 38.3 Å². The van der Waals surface area contributed by atoms with Gasteiger partial charge in [-0.05, 0) is 56.7 Å². The Balaban J connectivity index is 0.00000280. The van der Waals surface area contributed by atoms with E-state index in [1.807, 2.05) is 37.4 Å². The van der Waals surface area contributed by atoms with Crippen LogP contribution in [0.5, 0.6) is 0 Å². The zero-order chi connectivity index (χ0) is 19.6. The number of halogens is 3. The van der Waals surface area contributed by atoms with Crippen LogP contribution in [0.1, 0.15) is 10.4 Å². The zero-order valence-electron chi connectivity index (χ0n) is 15.6. The second-order valence-electron chi connectivity index (χ2n) is 6.21. The van der Waals surface area contributed by atoms with Gasteiger partial charge in [-0.2, -0.15) is 0 Å². The number of anilines is 1. The van der Waals surface area contributed by atoms with Gasteiger partial charge in [-0.1, -0.05) is 22.9 Å². The first-order valence-corrected chi connectivity index (χ1v) is 10.7. The minimum Gasteiger partial charge on any atom is -0.308 e. The number of thioether (sulfide) groups is 1. The molecule has 0 radical (unpaired) electrons. The van der Waals surface area contributed by atoms with E-state index in [0.717, 1.165) is 21.2 Å². The molecular weight excluding hydrogens is 440 g/mol. The summed E-state index contributed by atoms with van der Waals surface area (Å²) in [6.45, 7) is 1.12. The molecule has 2 aromatic carbocycles. The maximum Gasteiger partial charge on any atom is 0.261 e. The van der Waals surface area contributed by atoms with Crippen molar-refractivity contribution in [2.24, 2.45) is 0 Å². The number of hydrogen-bond acceptors (Lipinski definition) is 5. The van der Waals surface area contributed by atoms with Crippen LogP contribution in [0.2, 0.25) is 5.02 Å². The van der Waals surface area contributed by atoms with Gasteiger partial charge >= 0.3 is 0 Å². The smallest absolute Gasteiger partial charge is 0.261 e. The van der Waals surface area contributed by atoms with Crippen molar-refractivity contribution in [3.63, 3.8) is 0 Å². The molecule has 0 aliphatic carbocycles. The molecule has 0 saturated carbocycles. The fourth-order valence-corrected chi connectivity index (χ4v) is 4.32. The van der Waals surface area contributed by atoms with Gasteiger partial charge in [-0.3, -0.25) is 9.69 Å². The van der Waals surface area contributed by atoms with Gasteiger partial charge in [0, 0.05) is 18.0 Å². The number of thiazole rings is 1. The predicted octanol–water partition coefficient (Wildman–Crippen LogP) is 5.44. The average Bonchev–Trinajstić information content (AvgIpc) is 3.04. The van der Waals surface area contributed by atoms with E-state index < -0.39 is 5.82 Å². The molecule has 0 aliphatic rings. The lowest BCUT2D eigenvalue weighted by atomic mass is 10.2. The van der Waals surface area contributed by atoms with Crippen molar-refractivity contribution in [1.29, 1.82) is 0 Å². The summed E-state index contributed by atoms with van der Waals surface area (Å²) in [6.07, 6.45) is 2.02. The van der Waals surface area contributed by atoms with Crippen LogP contribution in [-0.2, 0) is 0 Å². The van der Waals surface area contributed by atoms with E-state index in [1.165, 1.54) is 23.5 Å². The Morgan fingerprint density at radius 3 is 2.61 bits per heavy atom. The minimum atomic E-state index is -0.471. The largest absolute Gasteiger partial charge is 0.308 e. The molecule has 0 saturated heterocycles. The predicted molar refractivity (Wildman–Crippen MR) is 120 cm³/mol. The van der Waals surface area contributed by atoms with Crippen LogP contribution >= 0.6 is 47.1 Å². The van der Waals surface area contributed by atoms with E-state index in [9.17, 15) is 9.18 Å². The molecule has 3 rings (SSSR count). The van der Waals surface area contributed by atoms with Crippen molar-refractivity contribution in [3.8, 4) is 0 Å². The van der Waals surface area contributed by atoms with Crippen LogP contribution in [0.25, 0.3) is 10.2 Å². The van der Waals surface area contributed by atoms with Crippen LogP contribution in [-0.4, -0.2) is 49.2 Å². The molecule has 0 spiro atoms. The molecule has 1 aromatic heterocycles. The molecule has 0 bridgehead atoms. The molecule has 0 atom stereocenters. The quantitative estimate of drug-likeness (QED) is 0.459. The van der Waals surface area contributed by atoms with Crippen molar-refractivity contribution >= 4 is 68.4 Å². The molecule has 9 heteroatoms. The SMILES string of the molecule is CSc1ccc2nc(N(CCN(C)C)C(=O)c3ccc(F)cc3Cl)sc2c1.Cl. The first-order valence-electron chi connectivity index (χ1n) is 8.25. The molecule has 0 unspecified atom stereocenters. The Morgan fingerprint density at radius 2 is 1.96 bits per heavy atom. The van der Waals surface area contributed by atoms with E-state index >= 15 is 0 Å². The summed E-state index contributed by atoms with van der Waals surface area (Å²) in [5.41, 5.74) is 1.11. The molecule has 0 aliphatic heterocycles. The summed E-state index contributed by atoms with van der Waals surface area (Å²) < 4.78 is 14.4. The Hall–Kier alpha value is -1.38. The lowest BCUT2D eigenvalue weighted by molar-refractivity contribution is 0.0985. The second kappa shape index (κ2) is 9.89. The molecule has 28 heavy (non-hydrogen) atoms. The first kappa shape index (κ1) is 22.9. The van der Waals surface area contributed by atoms with E-state index in [0.29, 0.717) is 18.2 Å². The van der Waals surface area contributed by atoms with E-state index in [-0.39, 0.29) is 28.9 Å². The average molecular weight is 460 g/mol. The molecule has 0 N–H and O–H groups in total. The van der Waals surface area contributed by atoms with Crippen LogP contribution in [0.15, 0.2) is 41.3 Å². The van der Waals surface area contributed by atoms with E-state index in [2.05, 4.69) is 11.1 Å². The number of nitrogens with zero attached hydrogens (tertiary/aromatic N) is 3. The van der Waals surface area contributed by atoms with Gasteiger partial charge in [0.2, 0.25) is 0 Å². The summed E-state index contributed by atoms with van der Waals surface area (Å²) in [4.78, 5) is 22.5. The highest BCUT2D eigenvalue weighted by atomic mass is 35.5. The molecule has 4 nitrogen and oxygen atoms in total. The van der Waals surface area contributed by atoms with Crippen molar-refractivity contribution in [1.82, 2.24) is 9.88 Å².